The van der Waals surface area contributed by atoms with Crippen LogP contribution in [0.25, 0.3) is 0 Å². The third kappa shape index (κ3) is 3.67. The fourth-order valence-corrected chi connectivity index (χ4v) is 2.11. The fraction of sp³-hybridized carbons (Fsp3) is 0.846. The van der Waals surface area contributed by atoms with Gasteiger partial charge in [-0.05, 0) is 26.3 Å². The van der Waals surface area contributed by atoms with E-state index in [1.165, 1.54) is 0 Å². The first-order valence-electron chi connectivity index (χ1n) is 6.87. The van der Waals surface area contributed by atoms with Gasteiger partial charge in [0.05, 0.1) is 25.3 Å². The van der Waals surface area contributed by atoms with Crippen LogP contribution in [0.1, 0.15) is 33.6 Å². The Bertz CT molecular complexity index is 403. The van der Waals surface area contributed by atoms with Crippen molar-refractivity contribution in [1.29, 1.82) is 0 Å². The maximum Gasteiger partial charge on any atom is 0.318 e. The van der Waals surface area contributed by atoms with Crippen molar-refractivity contribution < 1.29 is 9.15 Å². The van der Waals surface area contributed by atoms with Gasteiger partial charge >= 0.3 is 6.01 Å². The van der Waals surface area contributed by atoms with E-state index in [0.29, 0.717) is 37.6 Å². The molecule has 1 saturated heterocycles. The molecule has 2 rings (SSSR count). The Morgan fingerprint density at radius 1 is 1.37 bits per heavy atom. The number of hydrogen-bond donors (Lipinski definition) is 1. The van der Waals surface area contributed by atoms with Gasteiger partial charge < -0.3 is 19.4 Å². The largest absolute Gasteiger partial charge is 0.407 e. The van der Waals surface area contributed by atoms with Gasteiger partial charge in [0.25, 0.3) is 0 Å². The number of nitrogens with one attached hydrogen (secondary N) is 1. The molecular formula is C13H24N4O2. The first-order chi connectivity index (χ1) is 8.99. The summed E-state index contributed by atoms with van der Waals surface area (Å²) in [7, 11) is 0. The molecule has 0 atom stereocenters. The van der Waals surface area contributed by atoms with E-state index in [1.807, 2.05) is 0 Å². The molecule has 0 saturated carbocycles. The van der Waals surface area contributed by atoms with Crippen LogP contribution >= 0.6 is 0 Å². The predicted molar refractivity (Wildman–Crippen MR) is 73.1 cm³/mol. The fourth-order valence-electron chi connectivity index (χ4n) is 2.11. The minimum Gasteiger partial charge on any atom is -0.407 e. The Morgan fingerprint density at radius 3 is 2.84 bits per heavy atom. The summed E-state index contributed by atoms with van der Waals surface area (Å²) in [6.45, 7) is 12.3. The van der Waals surface area contributed by atoms with Crippen LogP contribution in [-0.2, 0) is 11.3 Å². The molecule has 6 heteroatoms. The van der Waals surface area contributed by atoms with Crippen molar-refractivity contribution in [1.82, 2.24) is 15.5 Å². The number of aromatic nitrogens is 2. The van der Waals surface area contributed by atoms with E-state index < -0.39 is 0 Å². The number of rotatable bonds is 5. The molecule has 6 nitrogen and oxygen atoms in total. The Kier molecular flexibility index (Phi) is 4.42. The normalized spacial score (nSPS) is 19.1. The van der Waals surface area contributed by atoms with Gasteiger partial charge in [-0.25, -0.2) is 0 Å². The van der Waals surface area contributed by atoms with Crippen LogP contribution in [0.2, 0.25) is 0 Å². The number of nitrogens with zero attached hydrogens (tertiary/aromatic N) is 3. The van der Waals surface area contributed by atoms with Crippen molar-refractivity contribution in [3.8, 4) is 0 Å². The van der Waals surface area contributed by atoms with Crippen molar-refractivity contribution in [3.63, 3.8) is 0 Å². The van der Waals surface area contributed by atoms with Crippen LogP contribution in [-0.4, -0.2) is 42.0 Å². The van der Waals surface area contributed by atoms with E-state index in [1.54, 1.807) is 0 Å². The number of hydrogen-bond acceptors (Lipinski definition) is 6. The molecule has 0 radical (unpaired) electrons. The third-order valence-electron chi connectivity index (χ3n) is 3.16. The second-order valence-electron chi connectivity index (χ2n) is 6.02. The Hall–Kier alpha value is -1.14. The predicted octanol–water partition coefficient (Wildman–Crippen LogP) is 1.43. The molecule has 0 bridgehead atoms. The lowest BCUT2D eigenvalue weighted by atomic mass is 10.0. The SMILES string of the molecule is CC(C)CNCc1nnc(N2CCOCC2(C)C)o1. The minimum absolute atomic E-state index is 0.104. The van der Waals surface area contributed by atoms with Crippen molar-refractivity contribution in [2.75, 3.05) is 31.2 Å². The lowest BCUT2D eigenvalue weighted by molar-refractivity contribution is 0.0610. The average Bonchev–Trinajstić information content (AvgIpc) is 2.76. The van der Waals surface area contributed by atoms with E-state index in [2.05, 4.69) is 48.1 Å². The quantitative estimate of drug-likeness (QED) is 0.871. The summed E-state index contributed by atoms with van der Waals surface area (Å²) in [5.41, 5.74) is -0.104. The zero-order valence-corrected chi connectivity index (χ0v) is 12.3. The molecule has 0 unspecified atom stereocenters. The topological polar surface area (TPSA) is 63.4 Å². The van der Waals surface area contributed by atoms with Gasteiger partial charge in [-0.2, -0.15) is 0 Å². The Balaban J connectivity index is 1.96. The molecule has 1 aromatic heterocycles. The lowest BCUT2D eigenvalue weighted by Crippen LogP contribution is -2.53. The standard InChI is InChI=1S/C13H24N4O2/c1-10(2)7-14-8-11-15-16-12(19-11)17-5-6-18-9-13(17,3)4/h10,14H,5-9H2,1-4H3. The monoisotopic (exact) mass is 268 g/mol. The van der Waals surface area contributed by atoms with E-state index in [0.717, 1.165) is 13.1 Å². The molecule has 1 N–H and O–H groups in total. The van der Waals surface area contributed by atoms with Gasteiger partial charge in [-0.1, -0.05) is 18.9 Å². The maximum atomic E-state index is 5.73. The number of ether oxygens (including phenoxy) is 1. The highest BCUT2D eigenvalue weighted by molar-refractivity contribution is 5.30. The zero-order chi connectivity index (χ0) is 13.9. The number of morpholine rings is 1. The molecule has 108 valence electrons. The summed E-state index contributed by atoms with van der Waals surface area (Å²) in [5.74, 6) is 1.25. The molecule has 19 heavy (non-hydrogen) atoms. The van der Waals surface area contributed by atoms with Crippen LogP contribution in [0.15, 0.2) is 4.42 Å². The summed E-state index contributed by atoms with van der Waals surface area (Å²) in [6, 6.07) is 0.592. The van der Waals surface area contributed by atoms with Gasteiger partial charge in [-0.3, -0.25) is 0 Å². The summed E-state index contributed by atoms with van der Waals surface area (Å²) in [4.78, 5) is 2.12. The minimum atomic E-state index is -0.104. The van der Waals surface area contributed by atoms with Gasteiger partial charge in [0.2, 0.25) is 5.89 Å². The molecule has 1 aliphatic heterocycles. The van der Waals surface area contributed by atoms with E-state index in [-0.39, 0.29) is 5.54 Å². The highest BCUT2D eigenvalue weighted by Crippen LogP contribution is 2.25. The second kappa shape index (κ2) is 5.88. The molecule has 1 aromatic rings. The summed E-state index contributed by atoms with van der Waals surface area (Å²) < 4.78 is 11.2. The zero-order valence-electron chi connectivity index (χ0n) is 12.3. The highest BCUT2D eigenvalue weighted by Gasteiger charge is 2.33. The van der Waals surface area contributed by atoms with Crippen molar-refractivity contribution in [2.45, 2.75) is 39.8 Å². The highest BCUT2D eigenvalue weighted by atomic mass is 16.5. The van der Waals surface area contributed by atoms with Crippen molar-refractivity contribution in [3.05, 3.63) is 5.89 Å². The van der Waals surface area contributed by atoms with Crippen LogP contribution in [0.5, 0.6) is 0 Å². The number of anilines is 1. The van der Waals surface area contributed by atoms with E-state index >= 15 is 0 Å². The molecular weight excluding hydrogens is 244 g/mol. The van der Waals surface area contributed by atoms with Crippen LogP contribution < -0.4 is 10.2 Å². The van der Waals surface area contributed by atoms with Crippen molar-refractivity contribution >= 4 is 6.01 Å². The smallest absolute Gasteiger partial charge is 0.318 e. The lowest BCUT2D eigenvalue weighted by Gasteiger charge is -2.40. The average molecular weight is 268 g/mol. The van der Waals surface area contributed by atoms with Crippen LogP contribution in [0.3, 0.4) is 0 Å². The van der Waals surface area contributed by atoms with E-state index in [9.17, 15) is 0 Å². The summed E-state index contributed by atoms with van der Waals surface area (Å²) in [5, 5.41) is 11.5. The third-order valence-corrected chi connectivity index (χ3v) is 3.16. The van der Waals surface area contributed by atoms with E-state index in [4.69, 9.17) is 9.15 Å². The van der Waals surface area contributed by atoms with Crippen LogP contribution in [0.4, 0.5) is 6.01 Å². The maximum absolute atomic E-state index is 5.73. The van der Waals surface area contributed by atoms with Crippen molar-refractivity contribution in [2.24, 2.45) is 5.92 Å². The van der Waals surface area contributed by atoms with Gasteiger partial charge in [0, 0.05) is 6.54 Å². The molecule has 0 aliphatic carbocycles. The Labute approximate surface area is 114 Å². The van der Waals surface area contributed by atoms with Gasteiger partial charge in [0.15, 0.2) is 0 Å². The van der Waals surface area contributed by atoms with Gasteiger partial charge in [-0.15, -0.1) is 5.10 Å². The molecule has 0 amide bonds. The Morgan fingerprint density at radius 2 is 2.16 bits per heavy atom. The van der Waals surface area contributed by atoms with Gasteiger partial charge in [0.1, 0.15) is 0 Å². The second-order valence-corrected chi connectivity index (χ2v) is 6.02. The summed E-state index contributed by atoms with van der Waals surface area (Å²) in [6.07, 6.45) is 0. The molecule has 1 fully saturated rings. The molecule has 0 aromatic carbocycles. The first kappa shape index (κ1) is 14.3. The molecule has 1 aliphatic rings. The van der Waals surface area contributed by atoms with Crippen LogP contribution in [0, 0.1) is 5.92 Å². The summed E-state index contributed by atoms with van der Waals surface area (Å²) >= 11 is 0. The molecule has 0 spiro atoms. The first-order valence-corrected chi connectivity index (χ1v) is 6.87. The molecule has 2 heterocycles.